The van der Waals surface area contributed by atoms with Gasteiger partial charge in [-0.3, -0.25) is 0 Å². The lowest BCUT2D eigenvalue weighted by atomic mass is 10.1. The van der Waals surface area contributed by atoms with Gasteiger partial charge in [-0.25, -0.2) is 9.97 Å². The van der Waals surface area contributed by atoms with Gasteiger partial charge in [0.05, 0.1) is 22.1 Å². The van der Waals surface area contributed by atoms with E-state index in [2.05, 4.69) is 80.6 Å². The van der Waals surface area contributed by atoms with Crippen LogP contribution in [0.1, 0.15) is 11.1 Å². The third-order valence-electron chi connectivity index (χ3n) is 5.62. The molecule has 0 aliphatic heterocycles. The number of hydrogen-bond acceptors (Lipinski definition) is 2. The van der Waals surface area contributed by atoms with Crippen LogP contribution in [0.3, 0.4) is 0 Å². The lowest BCUT2D eigenvalue weighted by Gasteiger charge is -2.00. The maximum Gasteiger partial charge on any atom is 0.138 e. The van der Waals surface area contributed by atoms with Gasteiger partial charge in [-0.05, 0) is 35.4 Å². The van der Waals surface area contributed by atoms with E-state index in [0.717, 1.165) is 56.0 Å². The van der Waals surface area contributed by atoms with E-state index in [-0.39, 0.29) is 24.8 Å². The first-order valence-corrected chi connectivity index (χ1v) is 10.6. The van der Waals surface area contributed by atoms with Crippen LogP contribution in [-0.4, -0.2) is 19.9 Å². The smallest absolute Gasteiger partial charge is 0.138 e. The number of rotatable bonds is 4. The zero-order valence-corrected chi connectivity index (χ0v) is 19.7. The van der Waals surface area contributed by atoms with E-state index in [1.807, 2.05) is 48.5 Å². The van der Waals surface area contributed by atoms with Gasteiger partial charge in [0.1, 0.15) is 11.6 Å². The lowest BCUT2D eigenvalue weighted by Crippen LogP contribution is -1.82. The molecule has 0 amide bonds. The van der Waals surface area contributed by atoms with Crippen molar-refractivity contribution in [2.24, 2.45) is 0 Å². The van der Waals surface area contributed by atoms with Crippen molar-refractivity contribution < 1.29 is 0 Å². The summed E-state index contributed by atoms with van der Waals surface area (Å²) in [6, 6.07) is 33.0. The van der Waals surface area contributed by atoms with Crippen molar-refractivity contribution in [3.63, 3.8) is 0 Å². The van der Waals surface area contributed by atoms with Crippen molar-refractivity contribution in [3.05, 3.63) is 108 Å². The summed E-state index contributed by atoms with van der Waals surface area (Å²) in [6.45, 7) is 0. The Morgan fingerprint density at radius 3 is 1.24 bits per heavy atom. The average Bonchev–Trinajstić information content (AvgIpc) is 3.48. The van der Waals surface area contributed by atoms with E-state index in [1.165, 1.54) is 0 Å². The predicted octanol–water partition coefficient (Wildman–Crippen LogP) is 7.79. The highest BCUT2D eigenvalue weighted by Crippen LogP contribution is 2.23. The van der Waals surface area contributed by atoms with E-state index in [4.69, 9.17) is 0 Å². The molecule has 2 N–H and O–H groups in total. The standard InChI is InChI=1S/C28H20N4.2ClH/c1-2-6-24-23(5-1)29-27(30-24)21-15-11-19(12-16-21)9-10-20-13-17-22(18-14-20)28-31-25-7-3-4-8-26(25)32-28;;/h1-18H,(H,29,30)(H,31,32);2*1H. The summed E-state index contributed by atoms with van der Waals surface area (Å²) in [5, 5.41) is 0. The van der Waals surface area contributed by atoms with Crippen molar-refractivity contribution >= 4 is 59.0 Å². The Hall–Kier alpha value is -3.86. The number of aromatic nitrogens is 4. The van der Waals surface area contributed by atoms with Crippen LogP contribution in [0.2, 0.25) is 0 Å². The van der Waals surface area contributed by atoms with Crippen LogP contribution in [0.25, 0.3) is 57.0 Å². The third kappa shape index (κ3) is 4.60. The predicted molar refractivity (Wildman–Crippen MR) is 146 cm³/mol. The molecule has 6 aromatic rings. The molecule has 4 nitrogen and oxygen atoms in total. The van der Waals surface area contributed by atoms with Crippen LogP contribution in [0.15, 0.2) is 97.1 Å². The maximum atomic E-state index is 4.67. The molecule has 0 saturated heterocycles. The number of imidazole rings is 2. The fraction of sp³-hybridized carbons (Fsp3) is 0. The van der Waals surface area contributed by atoms with E-state index < -0.39 is 0 Å². The van der Waals surface area contributed by atoms with Crippen molar-refractivity contribution in [2.75, 3.05) is 0 Å². The van der Waals surface area contributed by atoms with E-state index in [9.17, 15) is 0 Å². The average molecular weight is 485 g/mol. The van der Waals surface area contributed by atoms with Crippen LogP contribution in [0.4, 0.5) is 0 Å². The largest absolute Gasteiger partial charge is 0.338 e. The summed E-state index contributed by atoms with van der Waals surface area (Å²) in [4.78, 5) is 16.1. The molecule has 0 radical (unpaired) electrons. The zero-order chi connectivity index (χ0) is 21.3. The summed E-state index contributed by atoms with van der Waals surface area (Å²) in [7, 11) is 0. The molecule has 2 aromatic heterocycles. The molecule has 0 saturated carbocycles. The number of hydrogen-bond donors (Lipinski definition) is 2. The maximum absolute atomic E-state index is 4.67. The second-order valence-electron chi connectivity index (χ2n) is 7.78. The molecule has 34 heavy (non-hydrogen) atoms. The number of aromatic amines is 2. The van der Waals surface area contributed by atoms with Gasteiger partial charge >= 0.3 is 0 Å². The molecule has 168 valence electrons. The molecule has 0 aliphatic rings. The second-order valence-corrected chi connectivity index (χ2v) is 7.78. The number of halogens is 2. The molecule has 4 aromatic carbocycles. The number of nitrogens with zero attached hydrogens (tertiary/aromatic N) is 2. The highest BCUT2D eigenvalue weighted by Gasteiger charge is 2.05. The summed E-state index contributed by atoms with van der Waals surface area (Å²) >= 11 is 0. The molecule has 0 atom stereocenters. The molecular weight excluding hydrogens is 463 g/mol. The Morgan fingerprint density at radius 2 is 0.853 bits per heavy atom. The van der Waals surface area contributed by atoms with Gasteiger partial charge in [-0.1, -0.05) is 84.9 Å². The molecule has 0 fully saturated rings. The van der Waals surface area contributed by atoms with Crippen molar-refractivity contribution in [2.45, 2.75) is 0 Å². The second kappa shape index (κ2) is 9.96. The Balaban J connectivity index is 0.00000137. The van der Waals surface area contributed by atoms with Crippen LogP contribution >= 0.6 is 24.8 Å². The van der Waals surface area contributed by atoms with Gasteiger partial charge < -0.3 is 9.97 Å². The molecule has 0 spiro atoms. The number of para-hydroxylation sites is 4. The fourth-order valence-electron chi connectivity index (χ4n) is 3.88. The summed E-state index contributed by atoms with van der Waals surface area (Å²) in [6.07, 6.45) is 4.25. The Kier molecular flexibility index (Phi) is 6.82. The molecule has 0 unspecified atom stereocenters. The van der Waals surface area contributed by atoms with Crippen molar-refractivity contribution in [1.29, 1.82) is 0 Å². The molecular formula is C28H22Cl2N4. The minimum absolute atomic E-state index is 0. The molecule has 6 heteroatoms. The van der Waals surface area contributed by atoms with Crippen LogP contribution in [0.5, 0.6) is 0 Å². The monoisotopic (exact) mass is 484 g/mol. The fourth-order valence-corrected chi connectivity index (χ4v) is 3.88. The summed E-state index contributed by atoms with van der Waals surface area (Å²) < 4.78 is 0. The topological polar surface area (TPSA) is 57.4 Å². The van der Waals surface area contributed by atoms with Gasteiger partial charge in [-0.15, -0.1) is 24.8 Å². The van der Waals surface area contributed by atoms with E-state index in [1.54, 1.807) is 0 Å². The first-order chi connectivity index (χ1) is 15.8. The first kappa shape index (κ1) is 23.3. The minimum Gasteiger partial charge on any atom is -0.338 e. The highest BCUT2D eigenvalue weighted by molar-refractivity contribution is 5.86. The Morgan fingerprint density at radius 1 is 0.471 bits per heavy atom. The van der Waals surface area contributed by atoms with Crippen molar-refractivity contribution in [1.82, 2.24) is 19.9 Å². The van der Waals surface area contributed by atoms with E-state index >= 15 is 0 Å². The van der Waals surface area contributed by atoms with E-state index in [0.29, 0.717) is 0 Å². The lowest BCUT2D eigenvalue weighted by molar-refractivity contribution is 1.33. The third-order valence-corrected chi connectivity index (χ3v) is 5.62. The Bertz CT molecular complexity index is 1380. The van der Waals surface area contributed by atoms with Crippen LogP contribution < -0.4 is 0 Å². The minimum atomic E-state index is 0. The molecule has 2 heterocycles. The Labute approximate surface area is 209 Å². The van der Waals surface area contributed by atoms with Gasteiger partial charge in [0, 0.05) is 11.1 Å². The molecule has 6 rings (SSSR count). The van der Waals surface area contributed by atoms with Gasteiger partial charge in [-0.2, -0.15) is 0 Å². The number of H-pyrrole nitrogens is 2. The van der Waals surface area contributed by atoms with Crippen LogP contribution in [0, 0.1) is 0 Å². The van der Waals surface area contributed by atoms with Gasteiger partial charge in [0.15, 0.2) is 0 Å². The van der Waals surface area contributed by atoms with Gasteiger partial charge in [0.2, 0.25) is 0 Å². The molecule has 0 bridgehead atoms. The first-order valence-electron chi connectivity index (χ1n) is 10.6. The zero-order valence-electron chi connectivity index (χ0n) is 18.1. The quantitative estimate of drug-likeness (QED) is 0.251. The van der Waals surface area contributed by atoms with Gasteiger partial charge in [0.25, 0.3) is 0 Å². The van der Waals surface area contributed by atoms with Crippen LogP contribution in [-0.2, 0) is 0 Å². The SMILES string of the molecule is C(=Cc1ccc(-c2nc3ccccc3[nH]2)cc1)c1ccc(-c2nc3ccccc3[nH]2)cc1.Cl.Cl. The number of nitrogens with one attached hydrogen (secondary N) is 2. The number of benzene rings is 4. The summed E-state index contributed by atoms with van der Waals surface area (Å²) in [5.74, 6) is 1.78. The normalized spacial score (nSPS) is 10.9. The van der Waals surface area contributed by atoms with Crippen molar-refractivity contribution in [3.8, 4) is 22.8 Å². The highest BCUT2D eigenvalue weighted by atomic mass is 35.5. The molecule has 0 aliphatic carbocycles. The number of fused-ring (bicyclic) bond motifs is 2. The summed E-state index contributed by atoms with van der Waals surface area (Å²) in [5.41, 5.74) is 8.52.